The number of hydrogen-bond donors (Lipinski definition) is 2. The molecule has 2 aliphatic rings. The van der Waals surface area contributed by atoms with Gasteiger partial charge in [-0.15, -0.1) is 0 Å². The first-order valence-electron chi connectivity index (χ1n) is 14.5. The number of nitrogens with two attached hydrogens (primary N) is 1. The van der Waals surface area contributed by atoms with Crippen molar-refractivity contribution >= 4 is 39.5 Å². The maximum absolute atomic E-state index is 10.7. The van der Waals surface area contributed by atoms with E-state index in [4.69, 9.17) is 23.6 Å². The summed E-state index contributed by atoms with van der Waals surface area (Å²) in [6.07, 6.45) is 0. The van der Waals surface area contributed by atoms with E-state index in [1.54, 1.807) is 6.07 Å². The fourth-order valence-corrected chi connectivity index (χ4v) is 13.7. The van der Waals surface area contributed by atoms with Crippen molar-refractivity contribution in [1.82, 2.24) is 0 Å². The van der Waals surface area contributed by atoms with Crippen LogP contribution in [0.15, 0.2) is 155 Å². The van der Waals surface area contributed by atoms with Crippen molar-refractivity contribution in [1.29, 1.82) is 0 Å². The van der Waals surface area contributed by atoms with Gasteiger partial charge >= 0.3 is 0 Å². The predicted octanol–water partition coefficient (Wildman–Crippen LogP) is 9.07. The molecule has 6 aromatic rings. The van der Waals surface area contributed by atoms with Gasteiger partial charge in [0.15, 0.2) is 0 Å². The van der Waals surface area contributed by atoms with Crippen molar-refractivity contribution in [2.75, 3.05) is 0 Å². The largest absolute Gasteiger partial charge is 0.507 e. The summed E-state index contributed by atoms with van der Waals surface area (Å²) in [5.74, 6) is 1.63. The first-order chi connectivity index (χ1) is 22.0. The van der Waals surface area contributed by atoms with E-state index in [0.29, 0.717) is 11.5 Å². The van der Waals surface area contributed by atoms with Crippen molar-refractivity contribution < 1.29 is 14.2 Å². The lowest BCUT2D eigenvalue weighted by Crippen LogP contribution is -2.24. The van der Waals surface area contributed by atoms with E-state index in [0.717, 1.165) is 49.3 Å². The Kier molecular flexibility index (Phi) is 6.97. The van der Waals surface area contributed by atoms with E-state index in [9.17, 15) is 5.11 Å². The fourth-order valence-electron chi connectivity index (χ4n) is 5.90. The van der Waals surface area contributed by atoms with Crippen LogP contribution in [0.5, 0.6) is 17.2 Å². The molecule has 220 valence electrons. The van der Waals surface area contributed by atoms with E-state index in [1.165, 1.54) is 0 Å². The summed E-state index contributed by atoms with van der Waals surface area (Å²) in [5, 5.41) is 13.5. The normalized spacial score (nSPS) is 19.3. The van der Waals surface area contributed by atoms with E-state index in [1.807, 2.05) is 115 Å². The van der Waals surface area contributed by atoms with E-state index in [-0.39, 0.29) is 14.5 Å². The van der Waals surface area contributed by atoms with Crippen molar-refractivity contribution in [3.8, 4) is 50.6 Å². The van der Waals surface area contributed by atoms with Crippen molar-refractivity contribution in [2.45, 2.75) is 0 Å². The van der Waals surface area contributed by atoms with Crippen LogP contribution in [-0.4, -0.2) is 5.11 Å². The molecule has 0 radical (unpaired) electrons. The molecule has 45 heavy (non-hydrogen) atoms. The first kappa shape index (κ1) is 28.1. The van der Waals surface area contributed by atoms with Crippen molar-refractivity contribution in [3.05, 3.63) is 146 Å². The Morgan fingerprint density at radius 1 is 0.511 bits per heavy atom. The maximum atomic E-state index is 10.7. The molecular weight excluding hydrogens is 615 g/mol. The molecule has 0 saturated carbocycles. The van der Waals surface area contributed by atoms with Crippen LogP contribution in [0.25, 0.3) is 33.4 Å². The Morgan fingerprint density at radius 2 is 1.00 bits per heavy atom. The highest BCUT2D eigenvalue weighted by atomic mass is 31.2. The molecule has 3 unspecified atom stereocenters. The van der Waals surface area contributed by atoms with Crippen LogP contribution in [0.4, 0.5) is 0 Å². The summed E-state index contributed by atoms with van der Waals surface area (Å²) in [7, 11) is -6.42. The minimum Gasteiger partial charge on any atom is -0.507 e. The molecule has 2 aliphatic heterocycles. The molecule has 3 atom stereocenters. The third-order valence-electron chi connectivity index (χ3n) is 7.97. The Bertz CT molecular complexity index is 2230. The van der Waals surface area contributed by atoms with E-state index >= 15 is 0 Å². The molecule has 0 aliphatic carbocycles. The van der Waals surface area contributed by atoms with Crippen LogP contribution in [-0.2, 0) is 0 Å². The second-order valence-electron chi connectivity index (χ2n) is 10.7. The summed E-state index contributed by atoms with van der Waals surface area (Å²) >= 11 is 0. The van der Waals surface area contributed by atoms with Crippen LogP contribution < -0.4 is 30.5 Å². The van der Waals surface area contributed by atoms with Gasteiger partial charge in [-0.05, 0) is 47.0 Å². The number of rotatable bonds is 4. The molecule has 3 N–H and O–H groups in total. The van der Waals surface area contributed by atoms with Gasteiger partial charge in [0.25, 0.3) is 7.43 Å². The molecule has 0 bridgehead atoms. The van der Waals surface area contributed by atoms with Gasteiger partial charge in [0, 0.05) is 30.7 Å². The van der Waals surface area contributed by atoms with Crippen LogP contribution in [0.3, 0.4) is 0 Å². The van der Waals surface area contributed by atoms with Crippen LogP contribution in [0.1, 0.15) is 0 Å². The molecule has 9 heteroatoms. The highest BCUT2D eigenvalue weighted by Crippen LogP contribution is 2.67. The van der Waals surface area contributed by atoms with Crippen LogP contribution >= 0.6 is 23.6 Å². The van der Waals surface area contributed by atoms with Gasteiger partial charge in [0.2, 0.25) is 7.43 Å². The van der Waals surface area contributed by atoms with Gasteiger partial charge in [-0.3, -0.25) is 5.50 Å². The highest BCUT2D eigenvalue weighted by molar-refractivity contribution is 7.81. The zero-order chi connectivity index (χ0) is 30.4. The van der Waals surface area contributed by atoms with E-state index in [2.05, 4.69) is 24.3 Å². The minimum atomic E-state index is -3.20. The number of benzene rings is 6. The molecular formula is C36H28N3O3P3. The SMILES string of the molecule is NP1(=NP2(=NPc3ccccc3-c3ccccc3O)Oc3ccccc3-c3ccccc32)Oc2ccccc2-c2ccccc21. The zero-order valence-electron chi connectivity index (χ0n) is 24.0. The quantitative estimate of drug-likeness (QED) is 0.188. The molecule has 0 saturated heterocycles. The van der Waals surface area contributed by atoms with Gasteiger partial charge in [-0.1, -0.05) is 115 Å². The van der Waals surface area contributed by atoms with Gasteiger partial charge in [-0.2, -0.15) is 4.52 Å². The summed E-state index contributed by atoms with van der Waals surface area (Å²) in [6.45, 7) is 0. The minimum absolute atomic E-state index is 0.0489. The number of phenolic OH excluding ortho intramolecular Hbond substituents is 1. The second kappa shape index (κ2) is 11.2. The lowest BCUT2D eigenvalue weighted by Gasteiger charge is -2.35. The molecule has 6 aromatic carbocycles. The average molecular weight is 644 g/mol. The molecule has 0 amide bonds. The molecule has 0 spiro atoms. The lowest BCUT2D eigenvalue weighted by molar-refractivity contribution is 0.477. The summed E-state index contributed by atoms with van der Waals surface area (Å²) in [4.78, 5) is 0. The average Bonchev–Trinajstić information content (AvgIpc) is 3.08. The van der Waals surface area contributed by atoms with E-state index < -0.39 is 14.9 Å². The third kappa shape index (κ3) is 4.83. The topological polar surface area (TPSA) is 89.4 Å². The Labute approximate surface area is 263 Å². The predicted molar refractivity (Wildman–Crippen MR) is 189 cm³/mol. The van der Waals surface area contributed by atoms with Gasteiger partial charge in [0.1, 0.15) is 17.2 Å². The molecule has 8 rings (SSSR count). The second-order valence-corrected chi connectivity index (χ2v) is 16.7. The number of para-hydroxylation sites is 3. The third-order valence-corrected chi connectivity index (χ3v) is 15.2. The number of phenols is 1. The molecule has 0 aromatic heterocycles. The summed E-state index contributed by atoms with van der Waals surface area (Å²) in [5.41, 5.74) is 13.0. The van der Waals surface area contributed by atoms with Crippen LogP contribution in [0, 0.1) is 0 Å². The zero-order valence-corrected chi connectivity index (χ0v) is 26.8. The number of fused-ring (bicyclic) bond motifs is 6. The molecule has 6 nitrogen and oxygen atoms in total. The number of nitrogens with zero attached hydrogens (tertiary/aromatic N) is 2. The first-order valence-corrected chi connectivity index (χ1v) is 18.8. The Balaban J connectivity index is 1.39. The Hall–Kier alpha value is -4.43. The smallest absolute Gasteiger partial charge is 0.284 e. The fraction of sp³-hybridized carbons (Fsp3) is 0. The van der Waals surface area contributed by atoms with Crippen molar-refractivity contribution in [3.63, 3.8) is 0 Å². The highest BCUT2D eigenvalue weighted by Gasteiger charge is 2.39. The van der Waals surface area contributed by atoms with Gasteiger partial charge in [-0.25, -0.2) is 4.52 Å². The maximum Gasteiger partial charge on any atom is 0.284 e. The number of aromatic hydroxyl groups is 1. The standard InChI is InChI=1S/C36H28N3O3P3/c37-44(35-23-11-5-17-29(35)26-14-2-8-20-32(26)41-44)39-45(36-24-12-6-18-30(36)27-15-3-9-21-33(27)42-45)38-43-34-22-10-4-16-28(34)25-13-1-7-19-31(25)40/h1-24,40,43H,37H2. The molecule has 0 fully saturated rings. The number of hydrogen-bond acceptors (Lipinski definition) is 4. The van der Waals surface area contributed by atoms with Crippen LogP contribution in [0.2, 0.25) is 0 Å². The summed E-state index contributed by atoms with van der Waals surface area (Å²) < 4.78 is 24.7. The molecule has 2 heterocycles. The summed E-state index contributed by atoms with van der Waals surface area (Å²) in [6, 6.07) is 47.6. The van der Waals surface area contributed by atoms with Crippen molar-refractivity contribution in [2.24, 2.45) is 14.5 Å². The van der Waals surface area contributed by atoms with Gasteiger partial charge in [0.05, 0.1) is 10.6 Å². The lowest BCUT2D eigenvalue weighted by atomic mass is 10.0. The van der Waals surface area contributed by atoms with Gasteiger partial charge < -0.3 is 14.2 Å². The Morgan fingerprint density at radius 3 is 1.69 bits per heavy atom. The monoisotopic (exact) mass is 643 g/mol.